The molecule has 2 N–H and O–H groups in total. The molecule has 1 atom stereocenters. The van der Waals surface area contributed by atoms with E-state index in [2.05, 4.69) is 21.3 Å². The van der Waals surface area contributed by atoms with E-state index in [1.54, 1.807) is 11.8 Å². The molecule has 0 fully saturated rings. The summed E-state index contributed by atoms with van der Waals surface area (Å²) in [6, 6.07) is 4.03. The van der Waals surface area contributed by atoms with Crippen molar-refractivity contribution in [2.75, 3.05) is 0 Å². The molecule has 6 heteroatoms. The Morgan fingerprint density at radius 1 is 1.47 bits per heavy atom. The fraction of sp³-hybridized carbons (Fsp3) is 0.364. The first-order valence-electron chi connectivity index (χ1n) is 5.38. The number of hydrogen-bond acceptors (Lipinski definition) is 6. The maximum atomic E-state index is 5.91. The Bertz CT molecular complexity index is 480. The van der Waals surface area contributed by atoms with Crippen molar-refractivity contribution >= 4 is 23.3 Å². The molecular weight excluding hydrogens is 252 g/mol. The normalized spacial score (nSPS) is 12.6. The molecule has 0 spiro atoms. The minimum absolute atomic E-state index is 0.0258. The largest absolute Gasteiger partial charge is 0.323 e. The molecule has 0 aromatic carbocycles. The lowest BCUT2D eigenvalue weighted by atomic mass is 10.1. The van der Waals surface area contributed by atoms with Crippen LogP contribution in [0.1, 0.15) is 30.9 Å². The van der Waals surface area contributed by atoms with Gasteiger partial charge in [0.1, 0.15) is 5.82 Å². The summed E-state index contributed by atoms with van der Waals surface area (Å²) in [5.74, 6) is 0.815. The molecule has 0 aliphatic heterocycles. The van der Waals surface area contributed by atoms with Gasteiger partial charge in [0.15, 0.2) is 4.34 Å². The van der Waals surface area contributed by atoms with Gasteiger partial charge in [-0.25, -0.2) is 4.98 Å². The fourth-order valence-electron chi connectivity index (χ4n) is 1.30. The molecule has 1 unspecified atom stereocenters. The van der Waals surface area contributed by atoms with Gasteiger partial charge in [-0.2, -0.15) is 4.37 Å². The molecule has 2 heterocycles. The van der Waals surface area contributed by atoms with Crippen LogP contribution in [0, 0.1) is 6.92 Å². The van der Waals surface area contributed by atoms with Gasteiger partial charge >= 0.3 is 0 Å². The van der Waals surface area contributed by atoms with E-state index in [1.165, 1.54) is 11.5 Å². The Morgan fingerprint density at radius 2 is 2.29 bits per heavy atom. The van der Waals surface area contributed by atoms with Crippen LogP contribution < -0.4 is 5.73 Å². The Kier molecular flexibility index (Phi) is 4.09. The molecule has 0 saturated heterocycles. The third kappa shape index (κ3) is 3.24. The second kappa shape index (κ2) is 5.57. The van der Waals surface area contributed by atoms with Gasteiger partial charge in [0.25, 0.3) is 0 Å². The summed E-state index contributed by atoms with van der Waals surface area (Å²) >= 11 is 2.99. The predicted octanol–water partition coefficient (Wildman–Crippen LogP) is 2.80. The first-order chi connectivity index (χ1) is 8.19. The molecule has 4 nitrogen and oxygen atoms in total. The van der Waals surface area contributed by atoms with Crippen molar-refractivity contribution < 1.29 is 0 Å². The SMILES string of the molecule is CCC(N)c1ccc(Sc2nc(C)ns2)cn1. The minimum Gasteiger partial charge on any atom is -0.323 e. The molecule has 0 saturated carbocycles. The third-order valence-electron chi connectivity index (χ3n) is 2.29. The molecule has 2 rings (SSSR count). The smallest absolute Gasteiger partial charge is 0.174 e. The molecule has 17 heavy (non-hydrogen) atoms. The lowest BCUT2D eigenvalue weighted by Crippen LogP contribution is -2.10. The van der Waals surface area contributed by atoms with Crippen molar-refractivity contribution in [2.24, 2.45) is 5.73 Å². The van der Waals surface area contributed by atoms with E-state index in [0.717, 1.165) is 27.2 Å². The summed E-state index contributed by atoms with van der Waals surface area (Å²) in [5, 5.41) is 0. The average molecular weight is 266 g/mol. The lowest BCUT2D eigenvalue weighted by Gasteiger charge is -2.07. The highest BCUT2D eigenvalue weighted by Crippen LogP contribution is 2.28. The number of nitrogens with two attached hydrogens (primary N) is 1. The van der Waals surface area contributed by atoms with Crippen molar-refractivity contribution in [3.63, 3.8) is 0 Å². The molecular formula is C11H14N4S2. The van der Waals surface area contributed by atoms with Crippen molar-refractivity contribution in [2.45, 2.75) is 35.5 Å². The summed E-state index contributed by atoms with van der Waals surface area (Å²) in [4.78, 5) is 9.72. The van der Waals surface area contributed by atoms with E-state index < -0.39 is 0 Å². The Labute approximate surface area is 109 Å². The topological polar surface area (TPSA) is 64.7 Å². The zero-order chi connectivity index (χ0) is 12.3. The molecule has 0 aliphatic carbocycles. The first kappa shape index (κ1) is 12.5. The predicted molar refractivity (Wildman–Crippen MR) is 70.2 cm³/mol. The summed E-state index contributed by atoms with van der Waals surface area (Å²) in [6.07, 6.45) is 2.74. The van der Waals surface area contributed by atoms with Crippen LogP contribution in [-0.2, 0) is 0 Å². The summed E-state index contributed by atoms with van der Waals surface area (Å²) in [6.45, 7) is 3.95. The highest BCUT2D eigenvalue weighted by Gasteiger charge is 2.06. The molecule has 0 radical (unpaired) electrons. The van der Waals surface area contributed by atoms with E-state index in [1.807, 2.05) is 25.3 Å². The second-order valence-corrected chi connectivity index (χ2v) is 5.72. The van der Waals surface area contributed by atoms with Gasteiger partial charge in [0.2, 0.25) is 0 Å². The van der Waals surface area contributed by atoms with Crippen molar-refractivity contribution in [3.8, 4) is 0 Å². The molecule has 0 bridgehead atoms. The number of aromatic nitrogens is 3. The van der Waals surface area contributed by atoms with Gasteiger partial charge in [0.05, 0.1) is 5.69 Å². The molecule has 0 aliphatic rings. The molecule has 0 amide bonds. The van der Waals surface area contributed by atoms with Gasteiger partial charge in [0, 0.05) is 17.1 Å². The standard InChI is InChI=1S/C11H14N4S2/c1-3-9(12)10-5-4-8(6-13-10)16-11-14-7(2)15-17-11/h4-6,9H,3,12H2,1-2H3. The van der Waals surface area contributed by atoms with Crippen molar-refractivity contribution in [1.82, 2.24) is 14.3 Å². The first-order valence-corrected chi connectivity index (χ1v) is 6.97. The minimum atomic E-state index is 0.0258. The quantitative estimate of drug-likeness (QED) is 0.921. The van der Waals surface area contributed by atoms with Crippen LogP contribution in [0.2, 0.25) is 0 Å². The number of nitrogens with zero attached hydrogens (tertiary/aromatic N) is 3. The van der Waals surface area contributed by atoms with E-state index >= 15 is 0 Å². The lowest BCUT2D eigenvalue weighted by molar-refractivity contribution is 0.674. The van der Waals surface area contributed by atoms with Gasteiger partial charge < -0.3 is 5.73 Å². The zero-order valence-corrected chi connectivity index (χ0v) is 11.4. The molecule has 90 valence electrons. The fourth-order valence-corrected chi connectivity index (χ4v) is 2.90. The van der Waals surface area contributed by atoms with E-state index in [0.29, 0.717) is 0 Å². The van der Waals surface area contributed by atoms with Crippen molar-refractivity contribution in [3.05, 3.63) is 29.8 Å². The van der Waals surface area contributed by atoms with Crippen LogP contribution in [0.4, 0.5) is 0 Å². The Morgan fingerprint density at radius 3 is 2.82 bits per heavy atom. The van der Waals surface area contributed by atoms with E-state index in [-0.39, 0.29) is 6.04 Å². The highest BCUT2D eigenvalue weighted by molar-refractivity contribution is 8.01. The van der Waals surface area contributed by atoms with Crippen LogP contribution >= 0.6 is 23.3 Å². The van der Waals surface area contributed by atoms with Crippen LogP contribution in [0.25, 0.3) is 0 Å². The van der Waals surface area contributed by atoms with Crippen LogP contribution in [0.5, 0.6) is 0 Å². The highest BCUT2D eigenvalue weighted by atomic mass is 32.2. The van der Waals surface area contributed by atoms with Crippen LogP contribution in [0.15, 0.2) is 27.6 Å². The summed E-state index contributed by atoms with van der Waals surface area (Å²) < 4.78 is 5.08. The maximum absolute atomic E-state index is 5.91. The van der Waals surface area contributed by atoms with Gasteiger partial charge in [-0.15, -0.1) is 0 Å². The van der Waals surface area contributed by atoms with Crippen LogP contribution in [0.3, 0.4) is 0 Å². The van der Waals surface area contributed by atoms with Crippen LogP contribution in [-0.4, -0.2) is 14.3 Å². The number of pyridine rings is 1. The zero-order valence-electron chi connectivity index (χ0n) is 9.75. The van der Waals surface area contributed by atoms with Gasteiger partial charge in [-0.1, -0.05) is 18.7 Å². The monoisotopic (exact) mass is 266 g/mol. The maximum Gasteiger partial charge on any atom is 0.174 e. The molecule has 2 aromatic rings. The van der Waals surface area contributed by atoms with Gasteiger partial charge in [-0.05, 0) is 37.0 Å². The number of rotatable bonds is 4. The van der Waals surface area contributed by atoms with Gasteiger partial charge in [-0.3, -0.25) is 4.98 Å². The molecule has 2 aromatic heterocycles. The Balaban J connectivity index is 2.08. The van der Waals surface area contributed by atoms with E-state index in [4.69, 9.17) is 5.73 Å². The summed E-state index contributed by atoms with van der Waals surface area (Å²) in [5.41, 5.74) is 6.85. The number of hydrogen-bond donors (Lipinski definition) is 1. The number of aryl methyl sites for hydroxylation is 1. The third-order valence-corrected chi connectivity index (χ3v) is 4.11. The average Bonchev–Trinajstić information content (AvgIpc) is 2.75. The van der Waals surface area contributed by atoms with Crippen molar-refractivity contribution in [1.29, 1.82) is 0 Å². The van der Waals surface area contributed by atoms with E-state index in [9.17, 15) is 0 Å². The Hall–Kier alpha value is -0.980. The second-order valence-electron chi connectivity index (χ2n) is 3.64. The summed E-state index contributed by atoms with van der Waals surface area (Å²) in [7, 11) is 0.